The first kappa shape index (κ1) is 18.7. The van der Waals surface area contributed by atoms with E-state index in [4.69, 9.17) is 4.74 Å². The van der Waals surface area contributed by atoms with Gasteiger partial charge in [0, 0.05) is 42.7 Å². The van der Waals surface area contributed by atoms with Gasteiger partial charge in [-0.05, 0) is 12.1 Å². The van der Waals surface area contributed by atoms with E-state index in [0.717, 1.165) is 6.20 Å². The molecule has 4 rings (SSSR count). The van der Waals surface area contributed by atoms with Gasteiger partial charge in [0.1, 0.15) is 17.5 Å². The van der Waals surface area contributed by atoms with Crippen molar-refractivity contribution in [2.75, 3.05) is 54.5 Å². The summed E-state index contributed by atoms with van der Waals surface area (Å²) in [7, 11) is 0. The van der Waals surface area contributed by atoms with E-state index in [0.29, 0.717) is 49.4 Å². The summed E-state index contributed by atoms with van der Waals surface area (Å²) in [5.74, 6) is -1.30. The molecule has 0 aromatic carbocycles. The molecule has 0 radical (unpaired) electrons. The van der Waals surface area contributed by atoms with Gasteiger partial charge in [-0.3, -0.25) is 0 Å². The van der Waals surface area contributed by atoms with Crippen LogP contribution in [0.1, 0.15) is 12.0 Å². The molecular formula is C18H19F4N5O. The van der Waals surface area contributed by atoms with E-state index in [9.17, 15) is 17.6 Å². The number of aromatic nitrogens is 2. The van der Waals surface area contributed by atoms with Crippen molar-refractivity contribution in [1.29, 1.82) is 0 Å². The van der Waals surface area contributed by atoms with Gasteiger partial charge in [0.05, 0.1) is 26.3 Å². The minimum atomic E-state index is -2.69. The second-order valence-electron chi connectivity index (χ2n) is 6.78. The molecule has 28 heavy (non-hydrogen) atoms. The molecule has 0 bridgehead atoms. The Labute approximate surface area is 159 Å². The summed E-state index contributed by atoms with van der Waals surface area (Å²) in [6.07, 6.45) is -1.50. The molecule has 0 unspecified atom stereocenters. The lowest BCUT2D eigenvalue weighted by atomic mass is 10.1. The monoisotopic (exact) mass is 397 g/mol. The highest BCUT2D eigenvalue weighted by molar-refractivity contribution is 5.66. The zero-order valence-electron chi connectivity index (χ0n) is 14.9. The highest BCUT2D eigenvalue weighted by Gasteiger charge is 2.44. The van der Waals surface area contributed by atoms with E-state index in [1.165, 1.54) is 12.1 Å². The summed E-state index contributed by atoms with van der Waals surface area (Å²) in [5.41, 5.74) is 0.443. The Morgan fingerprint density at radius 1 is 1.04 bits per heavy atom. The molecule has 0 spiro atoms. The van der Waals surface area contributed by atoms with Crippen molar-refractivity contribution in [2.24, 2.45) is 0 Å². The minimum Gasteiger partial charge on any atom is -0.378 e. The van der Waals surface area contributed by atoms with Gasteiger partial charge in [-0.25, -0.2) is 27.5 Å². The van der Waals surface area contributed by atoms with E-state index >= 15 is 0 Å². The average Bonchev–Trinajstić information content (AvgIpc) is 2.67. The van der Waals surface area contributed by atoms with Gasteiger partial charge in [0.2, 0.25) is 0 Å². The summed E-state index contributed by atoms with van der Waals surface area (Å²) in [6.45, 7) is 1.72. The van der Waals surface area contributed by atoms with Crippen LogP contribution in [0.2, 0.25) is 0 Å². The Hall–Kier alpha value is -2.62. The topological polar surface area (TPSA) is 53.5 Å². The number of halogens is 4. The predicted octanol–water partition coefficient (Wildman–Crippen LogP) is 3.45. The molecule has 6 nitrogen and oxygen atoms in total. The van der Waals surface area contributed by atoms with Crippen LogP contribution in [0.15, 0.2) is 30.5 Å². The molecule has 2 saturated heterocycles. The number of nitrogens with one attached hydrogen (secondary N) is 1. The number of hydrogen-bond acceptors (Lipinski definition) is 6. The number of hydrogen-bond donors (Lipinski definition) is 1. The van der Waals surface area contributed by atoms with Crippen molar-refractivity contribution in [3.63, 3.8) is 0 Å². The van der Waals surface area contributed by atoms with E-state index in [1.54, 1.807) is 17.0 Å². The first-order valence-electron chi connectivity index (χ1n) is 8.88. The maximum atomic E-state index is 13.3. The van der Waals surface area contributed by atoms with E-state index in [2.05, 4.69) is 15.3 Å². The Morgan fingerprint density at radius 3 is 2.39 bits per heavy atom. The van der Waals surface area contributed by atoms with Crippen molar-refractivity contribution < 1.29 is 22.3 Å². The Balaban J connectivity index is 1.59. The van der Waals surface area contributed by atoms with Crippen molar-refractivity contribution in [3.05, 3.63) is 36.0 Å². The van der Waals surface area contributed by atoms with Crippen molar-refractivity contribution in [1.82, 2.24) is 9.97 Å². The smallest absolute Gasteiger partial charge is 0.282 e. The predicted molar refractivity (Wildman–Crippen MR) is 96.9 cm³/mol. The average molecular weight is 397 g/mol. The number of ether oxygens (including phenoxy) is 1. The van der Waals surface area contributed by atoms with Crippen LogP contribution in [-0.2, 0) is 4.74 Å². The molecule has 2 fully saturated rings. The van der Waals surface area contributed by atoms with Crippen LogP contribution >= 0.6 is 0 Å². The third-order valence-electron chi connectivity index (χ3n) is 4.64. The summed E-state index contributed by atoms with van der Waals surface area (Å²) in [6, 6.07) is 6.14. The number of alkyl halides is 4. The lowest BCUT2D eigenvalue weighted by Gasteiger charge is -2.41. The van der Waals surface area contributed by atoms with Gasteiger partial charge >= 0.3 is 0 Å². The maximum Gasteiger partial charge on any atom is 0.282 e. The molecule has 0 saturated carbocycles. The van der Waals surface area contributed by atoms with Crippen molar-refractivity contribution >= 4 is 23.1 Å². The second kappa shape index (κ2) is 7.42. The Kier molecular flexibility index (Phi) is 4.96. The lowest BCUT2D eigenvalue weighted by molar-refractivity contribution is -0.0262. The largest absolute Gasteiger partial charge is 0.378 e. The van der Waals surface area contributed by atoms with Crippen molar-refractivity contribution in [3.8, 4) is 0 Å². The maximum absolute atomic E-state index is 13.3. The molecular weight excluding hydrogens is 378 g/mol. The van der Waals surface area contributed by atoms with Crippen LogP contribution < -0.4 is 15.1 Å². The number of nitrogens with zero attached hydrogens (tertiary/aromatic N) is 4. The molecule has 150 valence electrons. The van der Waals surface area contributed by atoms with Gasteiger partial charge < -0.3 is 19.9 Å². The van der Waals surface area contributed by atoms with Gasteiger partial charge in [0.25, 0.3) is 12.3 Å². The second-order valence-corrected chi connectivity index (χ2v) is 6.78. The quantitative estimate of drug-likeness (QED) is 0.780. The number of anilines is 4. The fraction of sp³-hybridized carbons (Fsp3) is 0.444. The van der Waals surface area contributed by atoms with Gasteiger partial charge in [-0.1, -0.05) is 0 Å². The van der Waals surface area contributed by atoms with Crippen molar-refractivity contribution in [2.45, 2.75) is 12.3 Å². The molecule has 0 atom stereocenters. The fourth-order valence-electron chi connectivity index (χ4n) is 3.14. The first-order chi connectivity index (χ1) is 13.4. The van der Waals surface area contributed by atoms with E-state index in [1.807, 2.05) is 4.90 Å². The van der Waals surface area contributed by atoms with E-state index < -0.39 is 12.3 Å². The highest BCUT2D eigenvalue weighted by Crippen LogP contribution is 2.35. The Morgan fingerprint density at radius 2 is 1.79 bits per heavy atom. The molecule has 2 aliphatic heterocycles. The molecule has 10 heteroatoms. The molecule has 2 aromatic heterocycles. The van der Waals surface area contributed by atoms with Crippen LogP contribution in [0.5, 0.6) is 0 Å². The molecule has 4 heterocycles. The number of morpholine rings is 1. The van der Waals surface area contributed by atoms with Gasteiger partial charge in [-0.2, -0.15) is 0 Å². The summed E-state index contributed by atoms with van der Waals surface area (Å²) in [4.78, 5) is 12.1. The fourth-order valence-corrected chi connectivity index (χ4v) is 3.14. The first-order valence-corrected chi connectivity index (χ1v) is 8.88. The third-order valence-corrected chi connectivity index (χ3v) is 4.64. The van der Waals surface area contributed by atoms with E-state index in [-0.39, 0.29) is 18.7 Å². The SMILES string of the molecule is FC(F)c1ccc(Nc2cc(N3CC(F)(F)C3)cc(N3CCOCC3)n2)nc1. The summed E-state index contributed by atoms with van der Waals surface area (Å²) < 4.78 is 57.3. The molecule has 0 amide bonds. The molecule has 2 aliphatic rings. The van der Waals surface area contributed by atoms with Gasteiger partial charge in [-0.15, -0.1) is 0 Å². The summed E-state index contributed by atoms with van der Waals surface area (Å²) in [5, 5.41) is 2.97. The van der Waals surface area contributed by atoms with Crippen LogP contribution in [-0.4, -0.2) is 55.3 Å². The zero-order valence-corrected chi connectivity index (χ0v) is 14.9. The normalized spacial score (nSPS) is 18.9. The Bertz CT molecular complexity index is 819. The molecule has 1 N–H and O–H groups in total. The molecule has 0 aliphatic carbocycles. The molecule has 2 aromatic rings. The zero-order chi connectivity index (χ0) is 19.7. The van der Waals surface area contributed by atoms with Crippen LogP contribution in [0, 0.1) is 0 Å². The summed E-state index contributed by atoms with van der Waals surface area (Å²) >= 11 is 0. The third kappa shape index (κ3) is 4.11. The highest BCUT2D eigenvalue weighted by atomic mass is 19.3. The van der Waals surface area contributed by atoms with Crippen LogP contribution in [0.4, 0.5) is 40.7 Å². The van der Waals surface area contributed by atoms with Gasteiger partial charge in [0.15, 0.2) is 0 Å². The number of rotatable bonds is 5. The number of pyridine rings is 2. The standard InChI is InChI=1S/C18H19F4N5O/c19-17(20)12-1-2-14(23-9-12)24-15-7-13(27-10-18(21,22)11-27)8-16(25-15)26-3-5-28-6-4-26/h1-2,7-9,17H,3-6,10-11H2,(H,23,24,25). The lowest BCUT2D eigenvalue weighted by Crippen LogP contribution is -2.56. The van der Waals surface area contributed by atoms with Crippen LogP contribution in [0.25, 0.3) is 0 Å². The minimum absolute atomic E-state index is 0.177. The van der Waals surface area contributed by atoms with Crippen LogP contribution in [0.3, 0.4) is 0 Å².